The first kappa shape index (κ1) is 30.6. The molecule has 3 atom stereocenters. The van der Waals surface area contributed by atoms with Crippen molar-refractivity contribution in [2.24, 2.45) is 11.8 Å². The average molecular weight is 591 g/mol. The quantitative estimate of drug-likeness (QED) is 0.407. The van der Waals surface area contributed by atoms with Gasteiger partial charge in [-0.05, 0) is 62.7 Å². The molecule has 2 amide bonds. The zero-order valence-corrected chi connectivity index (χ0v) is 25.2. The standard InChI is InChI=1S/C31H41Cl2N3O4/c1-20-16-36(21(2)19-37)30(38)15-24-14-25(34-31(39)23-7-5-4-6-8-23)10-12-28(24)40-29(20)18-35(3)17-22-9-11-26(32)27(33)13-22/h9-14,20-21,23,29,37H,4-8,15-19H2,1-3H3,(H,34,39)/t20-,21-,29-/m1/s1. The lowest BCUT2D eigenvalue weighted by atomic mass is 9.88. The predicted octanol–water partition coefficient (Wildman–Crippen LogP) is 5.79. The molecule has 2 aromatic rings. The van der Waals surface area contributed by atoms with Gasteiger partial charge < -0.3 is 20.1 Å². The summed E-state index contributed by atoms with van der Waals surface area (Å²) in [6.07, 6.45) is 5.10. The van der Waals surface area contributed by atoms with Crippen LogP contribution in [0.2, 0.25) is 10.0 Å². The van der Waals surface area contributed by atoms with Gasteiger partial charge in [0.05, 0.1) is 29.1 Å². The molecule has 0 unspecified atom stereocenters. The Morgan fingerprint density at radius 2 is 1.90 bits per heavy atom. The van der Waals surface area contributed by atoms with Gasteiger partial charge in [-0.15, -0.1) is 0 Å². The number of carbonyl (C=O) groups is 2. The Hall–Kier alpha value is -2.32. The molecule has 1 heterocycles. The summed E-state index contributed by atoms with van der Waals surface area (Å²) in [6, 6.07) is 10.9. The Bertz CT molecular complexity index is 1190. The number of fused-ring (bicyclic) bond motifs is 1. The van der Waals surface area contributed by atoms with Crippen LogP contribution in [0.1, 0.15) is 57.1 Å². The Morgan fingerprint density at radius 3 is 2.60 bits per heavy atom. The molecule has 2 aromatic carbocycles. The number of benzene rings is 2. The van der Waals surface area contributed by atoms with Gasteiger partial charge in [0.2, 0.25) is 11.8 Å². The summed E-state index contributed by atoms with van der Waals surface area (Å²) in [5, 5.41) is 14.0. The van der Waals surface area contributed by atoms with Crippen LogP contribution in [0.5, 0.6) is 5.75 Å². The highest BCUT2D eigenvalue weighted by atomic mass is 35.5. The van der Waals surface area contributed by atoms with E-state index >= 15 is 0 Å². The van der Waals surface area contributed by atoms with Gasteiger partial charge in [-0.2, -0.15) is 0 Å². The molecule has 2 aliphatic rings. The molecular formula is C31H41Cl2N3O4. The van der Waals surface area contributed by atoms with Crippen LogP contribution in [0.25, 0.3) is 0 Å². The first-order chi connectivity index (χ1) is 19.1. The van der Waals surface area contributed by atoms with Gasteiger partial charge in [-0.3, -0.25) is 14.5 Å². The van der Waals surface area contributed by atoms with Gasteiger partial charge in [0.15, 0.2) is 0 Å². The molecular weight excluding hydrogens is 549 g/mol. The molecule has 0 aromatic heterocycles. The van der Waals surface area contributed by atoms with Crippen molar-refractivity contribution in [1.29, 1.82) is 0 Å². The Kier molecular flexibility index (Phi) is 10.7. The highest BCUT2D eigenvalue weighted by Crippen LogP contribution is 2.31. The number of rotatable bonds is 8. The molecule has 218 valence electrons. The largest absolute Gasteiger partial charge is 0.488 e. The number of hydrogen-bond donors (Lipinski definition) is 2. The van der Waals surface area contributed by atoms with Crippen molar-refractivity contribution in [3.8, 4) is 5.75 Å². The van der Waals surface area contributed by atoms with Crippen molar-refractivity contribution in [3.63, 3.8) is 0 Å². The van der Waals surface area contributed by atoms with Crippen LogP contribution >= 0.6 is 23.2 Å². The molecule has 1 aliphatic carbocycles. The third-order valence-electron chi connectivity index (χ3n) is 8.09. The number of aliphatic hydroxyl groups is 1. The average Bonchev–Trinajstić information content (AvgIpc) is 2.98. The monoisotopic (exact) mass is 589 g/mol. The van der Waals surface area contributed by atoms with E-state index in [0.29, 0.717) is 41.1 Å². The van der Waals surface area contributed by atoms with Crippen LogP contribution < -0.4 is 10.1 Å². The lowest BCUT2D eigenvalue weighted by Crippen LogP contribution is -2.47. The second kappa shape index (κ2) is 14.0. The minimum atomic E-state index is -0.319. The van der Waals surface area contributed by atoms with Gasteiger partial charge in [0, 0.05) is 42.7 Å². The fourth-order valence-electron chi connectivity index (χ4n) is 5.66. The molecule has 0 bridgehead atoms. The zero-order valence-electron chi connectivity index (χ0n) is 23.7. The van der Waals surface area contributed by atoms with Crippen molar-refractivity contribution in [1.82, 2.24) is 9.80 Å². The van der Waals surface area contributed by atoms with E-state index in [1.54, 1.807) is 11.0 Å². The van der Waals surface area contributed by atoms with Gasteiger partial charge in [-0.1, -0.05) is 55.5 Å². The third-order valence-corrected chi connectivity index (χ3v) is 8.83. The van der Waals surface area contributed by atoms with Crippen LogP contribution in [-0.4, -0.2) is 65.6 Å². The molecule has 1 saturated carbocycles. The number of aliphatic hydroxyl groups excluding tert-OH is 1. The lowest BCUT2D eigenvalue weighted by Gasteiger charge is -2.34. The minimum absolute atomic E-state index is 0.00848. The van der Waals surface area contributed by atoms with E-state index in [4.69, 9.17) is 27.9 Å². The molecule has 1 aliphatic heterocycles. The van der Waals surface area contributed by atoms with Crippen molar-refractivity contribution in [2.45, 2.75) is 71.1 Å². The fourth-order valence-corrected chi connectivity index (χ4v) is 5.98. The number of ether oxygens (including phenoxy) is 1. The van der Waals surface area contributed by atoms with Crippen molar-refractivity contribution >= 4 is 40.7 Å². The van der Waals surface area contributed by atoms with E-state index in [1.165, 1.54) is 6.42 Å². The molecule has 9 heteroatoms. The summed E-state index contributed by atoms with van der Waals surface area (Å²) >= 11 is 12.3. The predicted molar refractivity (Wildman–Crippen MR) is 160 cm³/mol. The Labute approximate surface area is 247 Å². The third kappa shape index (κ3) is 7.90. The first-order valence-corrected chi connectivity index (χ1v) is 15.0. The fraction of sp³-hybridized carbons (Fsp3) is 0.548. The molecule has 2 N–H and O–H groups in total. The van der Waals surface area contributed by atoms with E-state index < -0.39 is 0 Å². The van der Waals surface area contributed by atoms with Gasteiger partial charge >= 0.3 is 0 Å². The molecule has 1 fully saturated rings. The van der Waals surface area contributed by atoms with Crippen LogP contribution in [0, 0.1) is 11.8 Å². The lowest BCUT2D eigenvalue weighted by molar-refractivity contribution is -0.134. The second-order valence-electron chi connectivity index (χ2n) is 11.5. The van der Waals surface area contributed by atoms with E-state index in [2.05, 4.69) is 17.1 Å². The van der Waals surface area contributed by atoms with E-state index in [9.17, 15) is 14.7 Å². The highest BCUT2D eigenvalue weighted by Gasteiger charge is 2.31. The molecule has 4 rings (SSSR count). The first-order valence-electron chi connectivity index (χ1n) is 14.3. The number of amides is 2. The van der Waals surface area contributed by atoms with E-state index in [-0.39, 0.29) is 48.8 Å². The number of anilines is 1. The molecule has 0 saturated heterocycles. The minimum Gasteiger partial charge on any atom is -0.488 e. The smallest absolute Gasteiger partial charge is 0.227 e. The summed E-state index contributed by atoms with van der Waals surface area (Å²) in [5.74, 6) is 0.641. The number of likely N-dealkylation sites (N-methyl/N-ethyl adjacent to an activating group) is 1. The maximum absolute atomic E-state index is 13.5. The Morgan fingerprint density at radius 1 is 1.15 bits per heavy atom. The van der Waals surface area contributed by atoms with E-state index in [1.807, 2.05) is 44.3 Å². The summed E-state index contributed by atoms with van der Waals surface area (Å²) < 4.78 is 6.62. The number of carbonyl (C=O) groups excluding carboxylic acids is 2. The van der Waals surface area contributed by atoms with Crippen molar-refractivity contribution in [3.05, 3.63) is 57.6 Å². The van der Waals surface area contributed by atoms with Crippen molar-refractivity contribution < 1.29 is 19.4 Å². The van der Waals surface area contributed by atoms with Gasteiger partial charge in [0.1, 0.15) is 11.9 Å². The summed E-state index contributed by atoms with van der Waals surface area (Å²) in [6.45, 7) is 5.54. The normalized spacial score (nSPS) is 21.2. The molecule has 7 nitrogen and oxygen atoms in total. The maximum Gasteiger partial charge on any atom is 0.227 e. The Balaban J connectivity index is 1.56. The van der Waals surface area contributed by atoms with E-state index in [0.717, 1.165) is 36.8 Å². The molecule has 40 heavy (non-hydrogen) atoms. The summed E-state index contributed by atoms with van der Waals surface area (Å²) in [4.78, 5) is 30.3. The van der Waals surface area contributed by atoms with Crippen LogP contribution in [0.3, 0.4) is 0 Å². The highest BCUT2D eigenvalue weighted by molar-refractivity contribution is 6.42. The van der Waals surface area contributed by atoms with Crippen LogP contribution in [-0.2, 0) is 22.6 Å². The summed E-state index contributed by atoms with van der Waals surface area (Å²) in [5.41, 5.74) is 2.44. The number of hydrogen-bond acceptors (Lipinski definition) is 5. The van der Waals surface area contributed by atoms with Crippen LogP contribution in [0.15, 0.2) is 36.4 Å². The molecule has 0 spiro atoms. The van der Waals surface area contributed by atoms with Gasteiger partial charge in [-0.25, -0.2) is 0 Å². The number of nitrogens with one attached hydrogen (secondary N) is 1. The maximum atomic E-state index is 13.5. The molecule has 0 radical (unpaired) electrons. The topological polar surface area (TPSA) is 82.1 Å². The summed E-state index contributed by atoms with van der Waals surface area (Å²) in [7, 11) is 2.02. The number of halogens is 2. The van der Waals surface area contributed by atoms with Crippen LogP contribution in [0.4, 0.5) is 5.69 Å². The van der Waals surface area contributed by atoms with Gasteiger partial charge in [0.25, 0.3) is 0 Å². The SMILES string of the molecule is C[C@@H]1CN([C@H](C)CO)C(=O)Cc2cc(NC(=O)C3CCCCC3)ccc2O[C@@H]1CN(C)Cc1ccc(Cl)c(Cl)c1. The number of nitrogens with zero attached hydrogens (tertiary/aromatic N) is 2. The second-order valence-corrected chi connectivity index (χ2v) is 12.3. The zero-order chi connectivity index (χ0) is 28.8. The van der Waals surface area contributed by atoms with Crippen molar-refractivity contribution in [2.75, 3.05) is 32.1 Å².